The van der Waals surface area contributed by atoms with Gasteiger partial charge in [-0.3, -0.25) is 0 Å². The minimum Gasteiger partial charge on any atom is -0.493 e. The van der Waals surface area contributed by atoms with Crippen LogP contribution in [0.5, 0.6) is 11.5 Å². The van der Waals surface area contributed by atoms with Crippen molar-refractivity contribution in [3.05, 3.63) is 65.1 Å². The van der Waals surface area contributed by atoms with Crippen molar-refractivity contribution in [1.82, 2.24) is 0 Å². The Hall–Kier alpha value is -3.15. The number of aliphatic imine (C=N–C) groups is 1. The summed E-state index contributed by atoms with van der Waals surface area (Å²) in [5, 5.41) is 0. The molecular weight excluding hydrogens is 349 g/mol. The Balaban J connectivity index is 1.87. The fraction of sp³-hybridized carbons (Fsp3) is 0.238. The number of hydrogen-bond donors (Lipinski definition) is 0. The molecule has 0 unspecified atom stereocenters. The zero-order valence-electron chi connectivity index (χ0n) is 15.4. The fourth-order valence-electron chi connectivity index (χ4n) is 2.47. The minimum absolute atomic E-state index is 0.0480. The van der Waals surface area contributed by atoms with E-state index in [0.29, 0.717) is 29.6 Å². The number of carbonyl (C=O) groups excluding carboxylic acids is 1. The molecule has 0 saturated carbocycles. The van der Waals surface area contributed by atoms with Gasteiger partial charge in [0.25, 0.3) is 0 Å². The van der Waals surface area contributed by atoms with Crippen molar-refractivity contribution in [3.8, 4) is 11.5 Å². The maximum atomic E-state index is 13.9. The molecule has 0 aromatic heterocycles. The average Bonchev–Trinajstić information content (AvgIpc) is 3.01. The van der Waals surface area contributed by atoms with E-state index in [4.69, 9.17) is 14.2 Å². The van der Waals surface area contributed by atoms with Crippen LogP contribution in [-0.4, -0.2) is 25.6 Å². The van der Waals surface area contributed by atoms with Crippen LogP contribution in [0, 0.1) is 11.7 Å². The zero-order valence-corrected chi connectivity index (χ0v) is 15.4. The van der Waals surface area contributed by atoms with Crippen LogP contribution in [0.2, 0.25) is 0 Å². The maximum Gasteiger partial charge on any atom is 0.363 e. The van der Waals surface area contributed by atoms with Gasteiger partial charge in [0.05, 0.1) is 19.3 Å². The molecular formula is C21H20FNO4. The Morgan fingerprint density at radius 3 is 2.67 bits per heavy atom. The lowest BCUT2D eigenvalue weighted by molar-refractivity contribution is -0.129. The average molecular weight is 369 g/mol. The Morgan fingerprint density at radius 1 is 1.19 bits per heavy atom. The SMILES string of the molecule is COc1cc(/C=C2\N=C(c3ccccc3F)OC2=O)ccc1OCC(C)C. The second-order valence-electron chi connectivity index (χ2n) is 6.43. The summed E-state index contributed by atoms with van der Waals surface area (Å²) in [6, 6.07) is 11.3. The highest BCUT2D eigenvalue weighted by Gasteiger charge is 2.26. The van der Waals surface area contributed by atoms with Gasteiger partial charge in [0.15, 0.2) is 17.2 Å². The van der Waals surface area contributed by atoms with Crippen LogP contribution in [-0.2, 0) is 9.53 Å². The molecule has 140 valence electrons. The molecule has 0 saturated heterocycles. The summed E-state index contributed by atoms with van der Waals surface area (Å²) in [6.07, 6.45) is 1.56. The van der Waals surface area contributed by atoms with E-state index in [1.807, 2.05) is 0 Å². The van der Waals surface area contributed by atoms with Gasteiger partial charge in [-0.25, -0.2) is 14.2 Å². The first-order valence-electron chi connectivity index (χ1n) is 8.56. The summed E-state index contributed by atoms with van der Waals surface area (Å²) in [5.41, 5.74) is 0.921. The maximum absolute atomic E-state index is 13.9. The van der Waals surface area contributed by atoms with Crippen molar-refractivity contribution < 1.29 is 23.4 Å². The molecule has 1 heterocycles. The van der Waals surface area contributed by atoms with Gasteiger partial charge in [0, 0.05) is 0 Å². The number of ether oxygens (including phenoxy) is 3. The molecule has 0 amide bonds. The van der Waals surface area contributed by atoms with E-state index in [1.165, 1.54) is 12.1 Å². The van der Waals surface area contributed by atoms with E-state index >= 15 is 0 Å². The summed E-state index contributed by atoms with van der Waals surface area (Å²) in [5.74, 6) is 0.377. The topological polar surface area (TPSA) is 57.1 Å². The van der Waals surface area contributed by atoms with E-state index in [9.17, 15) is 9.18 Å². The number of rotatable bonds is 6. The Morgan fingerprint density at radius 2 is 1.96 bits per heavy atom. The van der Waals surface area contributed by atoms with Crippen LogP contribution in [0.25, 0.3) is 6.08 Å². The van der Waals surface area contributed by atoms with Gasteiger partial charge >= 0.3 is 5.97 Å². The summed E-state index contributed by atoms with van der Waals surface area (Å²) in [4.78, 5) is 16.2. The summed E-state index contributed by atoms with van der Waals surface area (Å²) >= 11 is 0. The molecule has 0 fully saturated rings. The van der Waals surface area contributed by atoms with Gasteiger partial charge in [-0.1, -0.05) is 32.0 Å². The van der Waals surface area contributed by atoms with Crippen molar-refractivity contribution in [3.63, 3.8) is 0 Å². The van der Waals surface area contributed by atoms with E-state index in [-0.39, 0.29) is 17.2 Å². The third-order valence-corrected chi connectivity index (χ3v) is 3.79. The molecule has 5 nitrogen and oxygen atoms in total. The largest absolute Gasteiger partial charge is 0.493 e. The number of halogens is 1. The fourth-order valence-corrected chi connectivity index (χ4v) is 2.47. The monoisotopic (exact) mass is 369 g/mol. The highest BCUT2D eigenvalue weighted by Crippen LogP contribution is 2.30. The smallest absolute Gasteiger partial charge is 0.363 e. The van der Waals surface area contributed by atoms with E-state index in [1.54, 1.807) is 43.5 Å². The molecule has 1 aliphatic rings. The molecule has 27 heavy (non-hydrogen) atoms. The lowest BCUT2D eigenvalue weighted by atomic mass is 10.1. The van der Waals surface area contributed by atoms with Gasteiger partial charge in [-0.2, -0.15) is 0 Å². The zero-order chi connectivity index (χ0) is 19.4. The molecule has 0 aliphatic carbocycles. The third-order valence-electron chi connectivity index (χ3n) is 3.79. The van der Waals surface area contributed by atoms with Gasteiger partial charge in [0.1, 0.15) is 5.82 Å². The van der Waals surface area contributed by atoms with Crippen LogP contribution in [0.15, 0.2) is 53.2 Å². The van der Waals surface area contributed by atoms with Crippen molar-refractivity contribution in [2.45, 2.75) is 13.8 Å². The van der Waals surface area contributed by atoms with Crippen LogP contribution in [0.4, 0.5) is 4.39 Å². The van der Waals surface area contributed by atoms with Crippen molar-refractivity contribution >= 4 is 17.9 Å². The number of benzene rings is 2. The first kappa shape index (κ1) is 18.6. The number of esters is 1. The van der Waals surface area contributed by atoms with Crippen molar-refractivity contribution in [1.29, 1.82) is 0 Å². The Kier molecular flexibility index (Phi) is 5.54. The number of cyclic esters (lactones) is 1. The minimum atomic E-state index is -0.632. The lowest BCUT2D eigenvalue weighted by Crippen LogP contribution is -2.07. The summed E-state index contributed by atoms with van der Waals surface area (Å²) < 4.78 is 30.1. The highest BCUT2D eigenvalue weighted by atomic mass is 19.1. The second kappa shape index (κ2) is 8.03. The first-order valence-corrected chi connectivity index (χ1v) is 8.56. The number of hydrogen-bond acceptors (Lipinski definition) is 5. The van der Waals surface area contributed by atoms with Crippen LogP contribution in [0.3, 0.4) is 0 Å². The molecule has 2 aromatic rings. The molecule has 6 heteroatoms. The van der Waals surface area contributed by atoms with Gasteiger partial charge < -0.3 is 14.2 Å². The number of methoxy groups -OCH3 is 1. The van der Waals surface area contributed by atoms with Gasteiger partial charge in [-0.05, 0) is 41.8 Å². The molecule has 3 rings (SSSR count). The van der Waals surface area contributed by atoms with Gasteiger partial charge in [-0.15, -0.1) is 0 Å². The number of carbonyl (C=O) groups is 1. The van der Waals surface area contributed by atoms with E-state index in [0.717, 1.165) is 0 Å². The predicted octanol–water partition coefficient (Wildman–Crippen LogP) is 4.21. The normalized spacial score (nSPS) is 15.1. The van der Waals surface area contributed by atoms with Crippen LogP contribution < -0.4 is 9.47 Å². The van der Waals surface area contributed by atoms with Crippen molar-refractivity contribution in [2.24, 2.45) is 10.9 Å². The quantitative estimate of drug-likeness (QED) is 0.565. The van der Waals surface area contributed by atoms with E-state index in [2.05, 4.69) is 18.8 Å². The first-order chi connectivity index (χ1) is 13.0. The van der Waals surface area contributed by atoms with Crippen LogP contribution in [0.1, 0.15) is 25.0 Å². The Bertz CT molecular complexity index is 918. The molecule has 0 atom stereocenters. The molecule has 0 N–H and O–H groups in total. The summed E-state index contributed by atoms with van der Waals surface area (Å²) in [7, 11) is 1.55. The van der Waals surface area contributed by atoms with E-state index < -0.39 is 11.8 Å². The predicted molar refractivity (Wildman–Crippen MR) is 100 cm³/mol. The molecule has 1 aliphatic heterocycles. The Labute approximate surface area is 157 Å². The number of nitrogens with zero attached hydrogens (tertiary/aromatic N) is 1. The summed E-state index contributed by atoms with van der Waals surface area (Å²) in [6.45, 7) is 4.68. The van der Waals surface area contributed by atoms with Crippen molar-refractivity contribution in [2.75, 3.05) is 13.7 Å². The standard InChI is InChI=1S/C21H20FNO4/c1-13(2)12-26-18-9-8-14(11-19(18)25-3)10-17-21(24)27-20(23-17)15-6-4-5-7-16(15)22/h4-11,13H,12H2,1-3H3/b17-10-. The lowest BCUT2D eigenvalue weighted by Gasteiger charge is -2.12. The third kappa shape index (κ3) is 4.34. The second-order valence-corrected chi connectivity index (χ2v) is 6.43. The molecule has 0 radical (unpaired) electrons. The highest BCUT2D eigenvalue weighted by molar-refractivity contribution is 6.12. The van der Waals surface area contributed by atoms with Crippen LogP contribution >= 0.6 is 0 Å². The molecule has 2 aromatic carbocycles. The molecule has 0 bridgehead atoms. The van der Waals surface area contributed by atoms with Gasteiger partial charge in [0.2, 0.25) is 5.90 Å². The molecule has 0 spiro atoms.